The van der Waals surface area contributed by atoms with E-state index in [1.807, 2.05) is 31.7 Å². The number of aromatic nitrogens is 3. The minimum Gasteiger partial charge on any atom is -0.478 e. The normalized spacial score (nSPS) is 17.4. The number of carboxylic acids is 1. The minimum atomic E-state index is -1.02. The van der Waals surface area contributed by atoms with Gasteiger partial charge in [0.25, 0.3) is 0 Å². The van der Waals surface area contributed by atoms with Crippen LogP contribution >= 0.6 is 0 Å². The average Bonchev–Trinajstić information content (AvgIpc) is 2.67. The largest absolute Gasteiger partial charge is 0.478 e. The second kappa shape index (κ2) is 8.04. The van der Waals surface area contributed by atoms with E-state index in [0.717, 1.165) is 38.0 Å². The fourth-order valence-corrected chi connectivity index (χ4v) is 3.55. The second-order valence-electron chi connectivity index (χ2n) is 8.38. The lowest BCUT2D eigenvalue weighted by molar-refractivity contribution is -0.141. The number of carbonyl (C=O) groups is 2. The summed E-state index contributed by atoms with van der Waals surface area (Å²) in [6, 6.07) is 3.44. The van der Waals surface area contributed by atoms with Gasteiger partial charge in [-0.1, -0.05) is 20.8 Å². The molecule has 3 heterocycles. The van der Waals surface area contributed by atoms with E-state index in [2.05, 4.69) is 15.0 Å². The smallest absolute Gasteiger partial charge is 0.337 e. The molecule has 1 amide bonds. The van der Waals surface area contributed by atoms with Gasteiger partial charge in [0, 0.05) is 42.2 Å². The number of hydrogen-bond acceptors (Lipinski definition) is 5. The summed E-state index contributed by atoms with van der Waals surface area (Å²) >= 11 is 0. The van der Waals surface area contributed by atoms with Crippen LogP contribution in [0.15, 0.2) is 30.9 Å². The highest BCUT2D eigenvalue weighted by Crippen LogP contribution is 2.26. The Morgan fingerprint density at radius 3 is 2.71 bits per heavy atom. The van der Waals surface area contributed by atoms with Gasteiger partial charge in [-0.15, -0.1) is 0 Å². The fourth-order valence-electron chi connectivity index (χ4n) is 3.55. The molecule has 1 atom stereocenters. The minimum absolute atomic E-state index is 0.126. The zero-order valence-electron chi connectivity index (χ0n) is 16.6. The number of amides is 1. The van der Waals surface area contributed by atoms with E-state index in [-0.39, 0.29) is 16.9 Å². The third-order valence-corrected chi connectivity index (χ3v) is 4.95. The van der Waals surface area contributed by atoms with Gasteiger partial charge < -0.3 is 10.0 Å². The molecule has 7 heteroatoms. The molecule has 28 heavy (non-hydrogen) atoms. The summed E-state index contributed by atoms with van der Waals surface area (Å²) in [5, 5.41) is 9.15. The van der Waals surface area contributed by atoms with Crippen molar-refractivity contribution in [2.45, 2.75) is 40.0 Å². The number of pyridine rings is 1. The highest BCUT2D eigenvalue weighted by atomic mass is 16.4. The molecule has 2 aromatic heterocycles. The molecule has 0 unspecified atom stereocenters. The van der Waals surface area contributed by atoms with Crippen LogP contribution in [0.1, 0.15) is 49.7 Å². The summed E-state index contributed by atoms with van der Waals surface area (Å²) in [4.78, 5) is 38.4. The van der Waals surface area contributed by atoms with Crippen LogP contribution in [0.4, 0.5) is 0 Å². The Labute approximate surface area is 164 Å². The SMILES string of the molecule is CC(C)(C)C(=O)N1CCC[C@H](Cc2cc(-c3cncc(C(=O)O)c3)ncn2)C1. The Morgan fingerprint density at radius 2 is 2.00 bits per heavy atom. The van der Waals surface area contributed by atoms with Crippen molar-refractivity contribution >= 4 is 11.9 Å². The average molecular weight is 382 g/mol. The molecule has 2 aromatic rings. The van der Waals surface area contributed by atoms with Crippen LogP contribution in [0.25, 0.3) is 11.3 Å². The van der Waals surface area contributed by atoms with E-state index in [4.69, 9.17) is 5.11 Å². The van der Waals surface area contributed by atoms with Gasteiger partial charge >= 0.3 is 5.97 Å². The molecule has 0 bridgehead atoms. The van der Waals surface area contributed by atoms with Gasteiger partial charge in [0.1, 0.15) is 6.33 Å². The Bertz CT molecular complexity index is 876. The number of hydrogen-bond donors (Lipinski definition) is 1. The highest BCUT2D eigenvalue weighted by Gasteiger charge is 2.31. The molecular weight excluding hydrogens is 356 g/mol. The van der Waals surface area contributed by atoms with Crippen molar-refractivity contribution in [3.63, 3.8) is 0 Å². The first-order valence-electron chi connectivity index (χ1n) is 9.53. The van der Waals surface area contributed by atoms with Crippen LogP contribution in [0.3, 0.4) is 0 Å². The van der Waals surface area contributed by atoms with Gasteiger partial charge in [-0.25, -0.2) is 14.8 Å². The van der Waals surface area contributed by atoms with E-state index < -0.39 is 5.97 Å². The number of likely N-dealkylation sites (tertiary alicyclic amines) is 1. The lowest BCUT2D eigenvalue weighted by Crippen LogP contribution is -2.45. The number of aromatic carboxylic acids is 1. The number of rotatable bonds is 4. The van der Waals surface area contributed by atoms with Crippen molar-refractivity contribution in [2.75, 3.05) is 13.1 Å². The van der Waals surface area contributed by atoms with Gasteiger partial charge in [0.15, 0.2) is 0 Å². The molecule has 0 aliphatic carbocycles. The topological polar surface area (TPSA) is 96.3 Å². The van der Waals surface area contributed by atoms with E-state index in [1.54, 1.807) is 12.3 Å². The van der Waals surface area contributed by atoms with E-state index in [0.29, 0.717) is 17.2 Å². The molecule has 0 aromatic carbocycles. The second-order valence-corrected chi connectivity index (χ2v) is 8.38. The highest BCUT2D eigenvalue weighted by molar-refractivity contribution is 5.88. The maximum Gasteiger partial charge on any atom is 0.337 e. The van der Waals surface area contributed by atoms with Crippen LogP contribution < -0.4 is 0 Å². The van der Waals surface area contributed by atoms with Crippen molar-refractivity contribution in [1.29, 1.82) is 0 Å². The third kappa shape index (κ3) is 4.71. The van der Waals surface area contributed by atoms with Crippen molar-refractivity contribution in [3.05, 3.63) is 42.1 Å². The van der Waals surface area contributed by atoms with E-state index in [9.17, 15) is 9.59 Å². The van der Waals surface area contributed by atoms with Crippen molar-refractivity contribution in [1.82, 2.24) is 19.9 Å². The van der Waals surface area contributed by atoms with Crippen LogP contribution in [0.2, 0.25) is 0 Å². The van der Waals surface area contributed by atoms with Crippen LogP contribution in [0, 0.1) is 11.3 Å². The third-order valence-electron chi connectivity index (χ3n) is 4.95. The zero-order valence-corrected chi connectivity index (χ0v) is 16.6. The molecule has 148 valence electrons. The lowest BCUT2D eigenvalue weighted by atomic mass is 9.89. The fraction of sp³-hybridized carbons (Fsp3) is 0.476. The van der Waals surface area contributed by atoms with Crippen LogP contribution in [-0.2, 0) is 11.2 Å². The molecule has 1 aliphatic rings. The Morgan fingerprint density at radius 1 is 1.21 bits per heavy atom. The van der Waals surface area contributed by atoms with Crippen LogP contribution in [0.5, 0.6) is 0 Å². The van der Waals surface area contributed by atoms with Crippen molar-refractivity contribution in [3.8, 4) is 11.3 Å². The number of carboxylic acid groups (broad SMARTS) is 1. The molecule has 1 N–H and O–H groups in total. The summed E-state index contributed by atoms with van der Waals surface area (Å²) in [7, 11) is 0. The van der Waals surface area contributed by atoms with Gasteiger partial charge in [0.2, 0.25) is 5.91 Å². The summed E-state index contributed by atoms with van der Waals surface area (Å²) in [6.45, 7) is 7.42. The van der Waals surface area contributed by atoms with Crippen LogP contribution in [-0.4, -0.2) is 49.9 Å². The molecule has 1 fully saturated rings. The summed E-state index contributed by atoms with van der Waals surface area (Å²) in [5.74, 6) is -0.474. The molecule has 0 radical (unpaired) electrons. The predicted octanol–water partition coefficient (Wildman–Crippen LogP) is 3.06. The maximum absolute atomic E-state index is 12.6. The Hall–Kier alpha value is -2.83. The monoisotopic (exact) mass is 382 g/mol. The van der Waals surface area contributed by atoms with Gasteiger partial charge in [-0.05, 0) is 37.3 Å². The standard InChI is InChI=1S/C21H26N4O3/c1-21(2,3)20(28)25-6-4-5-14(12-25)7-17-9-18(24-13-23-17)15-8-16(19(26)27)11-22-10-15/h8-11,13-14H,4-7,12H2,1-3H3,(H,26,27)/t14-/m1/s1. The summed E-state index contributed by atoms with van der Waals surface area (Å²) in [5.41, 5.74) is 1.95. The van der Waals surface area contributed by atoms with E-state index >= 15 is 0 Å². The Balaban J connectivity index is 1.73. The molecule has 7 nitrogen and oxygen atoms in total. The Kier molecular flexibility index (Phi) is 5.72. The maximum atomic E-state index is 12.6. The molecule has 3 rings (SSSR count). The van der Waals surface area contributed by atoms with E-state index in [1.165, 1.54) is 12.5 Å². The molecular formula is C21H26N4O3. The lowest BCUT2D eigenvalue weighted by Gasteiger charge is -2.36. The van der Waals surface area contributed by atoms with Crippen molar-refractivity contribution in [2.24, 2.45) is 11.3 Å². The molecule has 1 saturated heterocycles. The summed E-state index contributed by atoms with van der Waals surface area (Å²) < 4.78 is 0. The quantitative estimate of drug-likeness (QED) is 0.873. The first-order valence-corrected chi connectivity index (χ1v) is 9.53. The number of nitrogens with zero attached hydrogens (tertiary/aromatic N) is 4. The molecule has 0 saturated carbocycles. The molecule has 1 aliphatic heterocycles. The van der Waals surface area contributed by atoms with Gasteiger partial charge in [-0.3, -0.25) is 9.78 Å². The number of carbonyl (C=O) groups excluding carboxylic acids is 1. The first-order chi connectivity index (χ1) is 13.2. The predicted molar refractivity (Wildman–Crippen MR) is 105 cm³/mol. The molecule has 0 spiro atoms. The van der Waals surface area contributed by atoms with Gasteiger partial charge in [-0.2, -0.15) is 0 Å². The van der Waals surface area contributed by atoms with Crippen molar-refractivity contribution < 1.29 is 14.7 Å². The zero-order chi connectivity index (χ0) is 20.3. The first kappa shape index (κ1) is 19.9. The van der Waals surface area contributed by atoms with Gasteiger partial charge in [0.05, 0.1) is 11.3 Å². The summed E-state index contributed by atoms with van der Waals surface area (Å²) in [6.07, 6.45) is 7.23. The number of piperidine rings is 1.